The fraction of sp³-hybridized carbons (Fsp3) is 0.370. The van der Waals surface area contributed by atoms with Crippen LogP contribution in [0.2, 0.25) is 5.02 Å². The number of sulfone groups is 1. The zero-order valence-electron chi connectivity index (χ0n) is 21.1. The molecule has 1 amide bonds. The van der Waals surface area contributed by atoms with E-state index in [-0.39, 0.29) is 29.5 Å². The number of Topliss-reactive ketones (excluding diaryl/α,β-unsaturated/α-hetero) is 1. The molecule has 0 radical (unpaired) electrons. The third-order valence-corrected chi connectivity index (χ3v) is 9.47. The first-order chi connectivity index (χ1) is 18.2. The minimum absolute atomic E-state index is 0.0753. The molecular weight excluding hydrogens is 546 g/mol. The lowest BCUT2D eigenvalue weighted by Gasteiger charge is -2.35. The second-order valence-corrected chi connectivity index (χ2v) is 12.5. The lowest BCUT2D eigenvalue weighted by atomic mass is 9.97. The molecule has 1 saturated heterocycles. The van der Waals surface area contributed by atoms with Gasteiger partial charge in [0.2, 0.25) is 0 Å². The number of ether oxygens (including phenoxy) is 1. The van der Waals surface area contributed by atoms with Crippen molar-refractivity contribution >= 4 is 60.4 Å². The van der Waals surface area contributed by atoms with Gasteiger partial charge in [0.1, 0.15) is 11.6 Å². The van der Waals surface area contributed by atoms with E-state index in [9.17, 15) is 18.0 Å². The van der Waals surface area contributed by atoms with Gasteiger partial charge in [0.05, 0.1) is 16.7 Å². The van der Waals surface area contributed by atoms with E-state index >= 15 is 0 Å². The van der Waals surface area contributed by atoms with E-state index in [1.54, 1.807) is 36.4 Å². The second-order valence-electron chi connectivity index (χ2n) is 9.01. The van der Waals surface area contributed by atoms with Crippen LogP contribution in [-0.2, 0) is 25.9 Å². The van der Waals surface area contributed by atoms with Gasteiger partial charge in [0, 0.05) is 30.7 Å². The first-order valence-electron chi connectivity index (χ1n) is 12.5. The van der Waals surface area contributed by atoms with Gasteiger partial charge in [0.25, 0.3) is 0 Å². The number of ketones is 1. The Balaban J connectivity index is 1.50. The predicted molar refractivity (Wildman–Crippen MR) is 151 cm³/mol. The van der Waals surface area contributed by atoms with Crippen molar-refractivity contribution in [2.75, 3.05) is 23.8 Å². The number of piperidine rings is 1. The van der Waals surface area contributed by atoms with E-state index in [1.165, 1.54) is 17.4 Å². The van der Waals surface area contributed by atoms with Crippen LogP contribution in [-0.4, -0.2) is 49.8 Å². The van der Waals surface area contributed by atoms with E-state index in [0.717, 1.165) is 28.6 Å². The molecule has 1 aliphatic heterocycles. The average molecular weight is 576 g/mol. The van der Waals surface area contributed by atoms with E-state index in [2.05, 4.69) is 11.6 Å². The molecule has 0 aliphatic carbocycles. The highest BCUT2D eigenvalue weighted by molar-refractivity contribution is 7.91. The number of benzene rings is 2. The molecule has 0 spiro atoms. The van der Waals surface area contributed by atoms with Crippen molar-refractivity contribution < 1.29 is 22.7 Å². The molecule has 1 aromatic heterocycles. The van der Waals surface area contributed by atoms with Crippen molar-refractivity contribution in [3.63, 3.8) is 0 Å². The molecule has 4 rings (SSSR count). The smallest absolute Gasteiger partial charge is 0.436 e. The number of hydrogen-bond donors (Lipinski definition) is 0. The zero-order valence-corrected chi connectivity index (χ0v) is 23.5. The van der Waals surface area contributed by atoms with Crippen molar-refractivity contribution in [1.82, 2.24) is 4.57 Å². The summed E-state index contributed by atoms with van der Waals surface area (Å²) in [5.41, 5.74) is 0. The van der Waals surface area contributed by atoms with Gasteiger partial charge in [-0.15, -0.1) is 4.99 Å². The summed E-state index contributed by atoms with van der Waals surface area (Å²) in [5.74, 6) is -0.370. The quantitative estimate of drug-likeness (QED) is 0.317. The average Bonchev–Trinajstić information content (AvgIpc) is 3.32. The molecule has 1 fully saturated rings. The number of thiazole rings is 1. The number of hydrogen-bond acceptors (Lipinski definition) is 7. The van der Waals surface area contributed by atoms with Crippen LogP contribution in [0, 0.1) is 0 Å². The van der Waals surface area contributed by atoms with Gasteiger partial charge in [-0.25, -0.2) is 13.2 Å². The Bertz CT molecular complexity index is 1530. The van der Waals surface area contributed by atoms with Crippen molar-refractivity contribution in [2.45, 2.75) is 50.1 Å². The van der Waals surface area contributed by atoms with Crippen LogP contribution in [0.15, 0.2) is 65.1 Å². The number of aryl methyl sites for hydroxylation is 1. The minimum atomic E-state index is -3.65. The third kappa shape index (κ3) is 6.54. The molecule has 11 heteroatoms. The van der Waals surface area contributed by atoms with E-state index in [0.29, 0.717) is 29.3 Å². The summed E-state index contributed by atoms with van der Waals surface area (Å²) in [7, 11) is -3.65. The Morgan fingerprint density at radius 1 is 1.21 bits per heavy atom. The molecule has 2 heterocycles. The normalized spacial score (nSPS) is 16.5. The number of nitrogens with zero attached hydrogens (tertiary/aromatic N) is 3. The van der Waals surface area contributed by atoms with Gasteiger partial charge in [-0.05, 0) is 61.2 Å². The number of anilines is 1. The SMILES string of the molecule is C=CCOC(=O)/N=c1\sc(N2CCCCC2C(=O)CCS(=O)(=O)c2ccc3cc(Cl)ccc3c2)cn1CC. The Labute approximate surface area is 231 Å². The largest absolute Gasteiger partial charge is 0.444 e. The second kappa shape index (κ2) is 12.3. The molecule has 2 aromatic carbocycles. The van der Waals surface area contributed by atoms with Gasteiger partial charge in [-0.1, -0.05) is 47.7 Å². The lowest BCUT2D eigenvalue weighted by molar-refractivity contribution is -0.120. The molecule has 0 N–H and O–H groups in total. The standard InChI is InChI=1S/C27H30ClN3O5S2/c1-3-14-36-27(33)29-26-30(4-2)18-25(37-26)31-13-6-5-7-23(31)24(32)12-15-38(34,35)22-11-9-19-16-21(28)10-8-20(19)17-22/h3,8-11,16-18,23H,1,4-7,12-15H2,2H3/b29-26-. The summed E-state index contributed by atoms with van der Waals surface area (Å²) in [6.45, 7) is 6.80. The molecule has 1 atom stereocenters. The fourth-order valence-corrected chi connectivity index (χ4v) is 7.08. The van der Waals surface area contributed by atoms with Gasteiger partial charge >= 0.3 is 6.09 Å². The van der Waals surface area contributed by atoms with Gasteiger partial charge in [-0.2, -0.15) is 0 Å². The molecule has 3 aromatic rings. The Morgan fingerprint density at radius 3 is 2.74 bits per heavy atom. The highest BCUT2D eigenvalue weighted by atomic mass is 35.5. The summed E-state index contributed by atoms with van der Waals surface area (Å²) in [4.78, 5) is 32.1. The van der Waals surface area contributed by atoms with E-state index in [4.69, 9.17) is 16.3 Å². The van der Waals surface area contributed by atoms with Gasteiger partial charge in [0.15, 0.2) is 20.4 Å². The molecule has 0 bridgehead atoms. The lowest BCUT2D eigenvalue weighted by Crippen LogP contribution is -2.45. The van der Waals surface area contributed by atoms with Crippen LogP contribution < -0.4 is 9.70 Å². The molecule has 38 heavy (non-hydrogen) atoms. The zero-order chi connectivity index (χ0) is 27.3. The Morgan fingerprint density at radius 2 is 1.97 bits per heavy atom. The maximum absolute atomic E-state index is 13.3. The number of carbonyl (C=O) groups excluding carboxylic acids is 2. The van der Waals surface area contributed by atoms with Crippen LogP contribution >= 0.6 is 22.9 Å². The number of carbonyl (C=O) groups is 2. The summed E-state index contributed by atoms with van der Waals surface area (Å²) in [5, 5.41) is 3.03. The van der Waals surface area contributed by atoms with E-state index in [1.807, 2.05) is 22.6 Å². The minimum Gasteiger partial charge on any atom is -0.444 e. The Kier molecular flexibility index (Phi) is 9.07. The Hall–Kier alpha value is -2.95. The van der Waals surface area contributed by atoms with Crippen molar-refractivity contribution in [3.05, 3.63) is 65.1 Å². The van der Waals surface area contributed by atoms with Gasteiger partial charge in [-0.3, -0.25) is 4.79 Å². The summed E-state index contributed by atoms with van der Waals surface area (Å²) >= 11 is 7.34. The predicted octanol–water partition coefficient (Wildman–Crippen LogP) is 5.39. The molecule has 1 unspecified atom stereocenters. The number of halogens is 1. The molecule has 0 saturated carbocycles. The number of aromatic nitrogens is 1. The van der Waals surface area contributed by atoms with Crippen LogP contribution in [0.3, 0.4) is 0 Å². The number of rotatable bonds is 9. The molecule has 1 aliphatic rings. The van der Waals surface area contributed by atoms with Crippen LogP contribution in [0.5, 0.6) is 0 Å². The summed E-state index contributed by atoms with van der Waals surface area (Å²) in [6.07, 6.45) is 5.03. The third-order valence-electron chi connectivity index (χ3n) is 6.47. The van der Waals surface area contributed by atoms with Crippen molar-refractivity contribution in [2.24, 2.45) is 4.99 Å². The van der Waals surface area contributed by atoms with E-state index < -0.39 is 22.0 Å². The molecule has 8 nitrogen and oxygen atoms in total. The summed E-state index contributed by atoms with van der Waals surface area (Å²) in [6, 6.07) is 9.77. The van der Waals surface area contributed by atoms with Crippen LogP contribution in [0.1, 0.15) is 32.6 Å². The number of amides is 1. The maximum atomic E-state index is 13.3. The van der Waals surface area contributed by atoms with Gasteiger partial charge < -0.3 is 14.2 Å². The number of fused-ring (bicyclic) bond motifs is 1. The monoisotopic (exact) mass is 575 g/mol. The van der Waals surface area contributed by atoms with Crippen LogP contribution in [0.25, 0.3) is 10.8 Å². The fourth-order valence-electron chi connectivity index (χ4n) is 4.49. The molecular formula is C27H30ClN3O5S2. The van der Waals surface area contributed by atoms with Crippen molar-refractivity contribution in [3.8, 4) is 0 Å². The highest BCUT2D eigenvalue weighted by Crippen LogP contribution is 2.29. The summed E-state index contributed by atoms with van der Waals surface area (Å²) < 4.78 is 33.0. The maximum Gasteiger partial charge on any atom is 0.436 e. The topological polar surface area (TPSA) is 98.0 Å². The first-order valence-corrected chi connectivity index (χ1v) is 15.3. The molecule has 202 valence electrons. The first kappa shape index (κ1) is 28.1. The van der Waals surface area contributed by atoms with Crippen LogP contribution in [0.4, 0.5) is 9.80 Å². The van der Waals surface area contributed by atoms with Crippen molar-refractivity contribution in [1.29, 1.82) is 0 Å². The highest BCUT2D eigenvalue weighted by Gasteiger charge is 2.31.